The van der Waals surface area contributed by atoms with Gasteiger partial charge in [0.1, 0.15) is 5.52 Å². The van der Waals surface area contributed by atoms with E-state index in [1.165, 1.54) is 6.07 Å². The van der Waals surface area contributed by atoms with Crippen molar-refractivity contribution in [3.05, 3.63) is 44.5 Å². The molecule has 0 saturated carbocycles. The van der Waals surface area contributed by atoms with Gasteiger partial charge in [-0.25, -0.2) is 4.98 Å². The maximum absolute atomic E-state index is 10.8. The van der Waals surface area contributed by atoms with Crippen molar-refractivity contribution in [3.8, 4) is 0 Å². The molecule has 0 spiro atoms. The summed E-state index contributed by atoms with van der Waals surface area (Å²) in [7, 11) is 0. The topological polar surface area (TPSA) is 56.0 Å². The maximum atomic E-state index is 10.8. The first-order valence-corrected chi connectivity index (χ1v) is 5.08. The molecule has 0 aliphatic rings. The zero-order valence-corrected chi connectivity index (χ0v) is 9.48. The van der Waals surface area contributed by atoms with Crippen LogP contribution in [-0.4, -0.2) is 9.91 Å². The second-order valence-electron chi connectivity index (χ2n) is 3.21. The molecule has 0 atom stereocenters. The van der Waals surface area contributed by atoms with E-state index in [0.717, 1.165) is 11.1 Å². The van der Waals surface area contributed by atoms with Crippen LogP contribution in [0.1, 0.15) is 5.69 Å². The van der Waals surface area contributed by atoms with Crippen LogP contribution < -0.4 is 0 Å². The highest BCUT2D eigenvalue weighted by molar-refractivity contribution is 9.10. The third-order valence-corrected chi connectivity index (χ3v) is 2.53. The van der Waals surface area contributed by atoms with Crippen molar-refractivity contribution in [2.24, 2.45) is 0 Å². The van der Waals surface area contributed by atoms with Gasteiger partial charge in [-0.15, -0.1) is 0 Å². The van der Waals surface area contributed by atoms with Gasteiger partial charge in [0.25, 0.3) is 5.69 Å². The Labute approximate surface area is 94.2 Å². The average molecular weight is 267 g/mol. The zero-order chi connectivity index (χ0) is 11.0. The number of nitro groups is 1. The lowest BCUT2D eigenvalue weighted by Gasteiger charge is -2.01. The summed E-state index contributed by atoms with van der Waals surface area (Å²) in [6, 6.07) is 6.94. The minimum Gasteiger partial charge on any atom is -0.258 e. The summed E-state index contributed by atoms with van der Waals surface area (Å²) >= 11 is 3.24. The molecule has 76 valence electrons. The molecule has 0 fully saturated rings. The first kappa shape index (κ1) is 10.0. The number of nitrogens with zero attached hydrogens (tertiary/aromatic N) is 2. The molecular formula is C10H7BrN2O2. The molecule has 5 heteroatoms. The minimum absolute atomic E-state index is 0.0306. The van der Waals surface area contributed by atoms with Crippen LogP contribution in [-0.2, 0) is 0 Å². The molecule has 15 heavy (non-hydrogen) atoms. The molecule has 0 aliphatic heterocycles. The van der Waals surface area contributed by atoms with Crippen molar-refractivity contribution >= 4 is 32.5 Å². The fourth-order valence-corrected chi connectivity index (χ4v) is 1.88. The van der Waals surface area contributed by atoms with Gasteiger partial charge >= 0.3 is 0 Å². The number of nitro benzene ring substituents is 1. The number of hydrogen-bond donors (Lipinski definition) is 0. The Kier molecular flexibility index (Phi) is 2.40. The number of aromatic nitrogens is 1. The Bertz CT molecular complexity index is 554. The van der Waals surface area contributed by atoms with E-state index >= 15 is 0 Å². The Morgan fingerprint density at radius 1 is 1.40 bits per heavy atom. The first-order valence-electron chi connectivity index (χ1n) is 4.29. The van der Waals surface area contributed by atoms with E-state index in [9.17, 15) is 10.1 Å². The summed E-state index contributed by atoms with van der Waals surface area (Å²) in [6.07, 6.45) is 0. The molecule has 1 aromatic carbocycles. The summed E-state index contributed by atoms with van der Waals surface area (Å²) in [5.41, 5.74) is 1.24. The summed E-state index contributed by atoms with van der Waals surface area (Å²) < 4.78 is 0.687. The molecule has 0 saturated heterocycles. The van der Waals surface area contributed by atoms with E-state index < -0.39 is 4.92 Å². The number of aryl methyl sites for hydroxylation is 1. The lowest BCUT2D eigenvalue weighted by molar-refractivity contribution is -0.383. The number of halogens is 1. The summed E-state index contributed by atoms with van der Waals surface area (Å²) in [5, 5.41) is 11.6. The molecule has 0 N–H and O–H groups in total. The van der Waals surface area contributed by atoms with Crippen LogP contribution in [0.4, 0.5) is 5.69 Å². The number of non-ortho nitro benzene ring substituents is 1. The van der Waals surface area contributed by atoms with Gasteiger partial charge in [0.2, 0.25) is 0 Å². The zero-order valence-electron chi connectivity index (χ0n) is 7.90. The van der Waals surface area contributed by atoms with Crippen LogP contribution in [0.5, 0.6) is 0 Å². The maximum Gasteiger partial charge on any atom is 0.296 e. The molecule has 0 bridgehead atoms. The quantitative estimate of drug-likeness (QED) is 0.588. The number of benzene rings is 1. The van der Waals surface area contributed by atoms with E-state index in [4.69, 9.17) is 0 Å². The SMILES string of the molecule is Cc1ccc2cc(Br)cc([N+](=O)[O-])c2n1. The largest absolute Gasteiger partial charge is 0.296 e. The fraction of sp³-hybridized carbons (Fsp3) is 0.100. The standard InChI is InChI=1S/C10H7BrN2O2/c1-6-2-3-7-4-8(11)5-9(13(14)15)10(7)12-6/h2-5H,1H3. The predicted octanol–water partition coefficient (Wildman–Crippen LogP) is 3.21. The average Bonchev–Trinajstić information content (AvgIpc) is 2.17. The van der Waals surface area contributed by atoms with Gasteiger partial charge in [-0.1, -0.05) is 22.0 Å². The number of rotatable bonds is 1. The molecular weight excluding hydrogens is 260 g/mol. The van der Waals surface area contributed by atoms with Crippen LogP contribution >= 0.6 is 15.9 Å². The monoisotopic (exact) mass is 266 g/mol. The molecule has 2 rings (SSSR count). The third kappa shape index (κ3) is 1.83. The van der Waals surface area contributed by atoms with Crippen LogP contribution in [0.2, 0.25) is 0 Å². The van der Waals surface area contributed by atoms with Crippen molar-refractivity contribution in [2.75, 3.05) is 0 Å². The van der Waals surface area contributed by atoms with Gasteiger partial charge in [-0.05, 0) is 19.1 Å². The van der Waals surface area contributed by atoms with Gasteiger partial charge in [-0.2, -0.15) is 0 Å². The summed E-state index contributed by atoms with van der Waals surface area (Å²) in [5.74, 6) is 0. The van der Waals surface area contributed by atoms with E-state index in [1.54, 1.807) is 0 Å². The van der Waals surface area contributed by atoms with Gasteiger partial charge in [0, 0.05) is 21.6 Å². The number of fused-ring (bicyclic) bond motifs is 1. The molecule has 1 heterocycles. The van der Waals surface area contributed by atoms with Crippen LogP contribution in [0.25, 0.3) is 10.9 Å². The highest BCUT2D eigenvalue weighted by atomic mass is 79.9. The Morgan fingerprint density at radius 2 is 2.13 bits per heavy atom. The van der Waals surface area contributed by atoms with E-state index in [0.29, 0.717) is 9.99 Å². The number of pyridine rings is 1. The Hall–Kier alpha value is -1.49. The summed E-state index contributed by atoms with van der Waals surface area (Å²) in [4.78, 5) is 14.6. The molecule has 2 aromatic rings. The Balaban J connectivity index is 2.87. The normalized spacial score (nSPS) is 10.5. The van der Waals surface area contributed by atoms with Crippen molar-refractivity contribution in [3.63, 3.8) is 0 Å². The van der Waals surface area contributed by atoms with Crippen LogP contribution in [0, 0.1) is 17.0 Å². The van der Waals surface area contributed by atoms with Crippen molar-refractivity contribution < 1.29 is 4.92 Å². The lowest BCUT2D eigenvalue weighted by atomic mass is 10.2. The van der Waals surface area contributed by atoms with E-state index in [1.807, 2.05) is 25.1 Å². The van der Waals surface area contributed by atoms with Crippen molar-refractivity contribution in [1.82, 2.24) is 4.98 Å². The Morgan fingerprint density at radius 3 is 2.80 bits per heavy atom. The molecule has 0 radical (unpaired) electrons. The van der Waals surface area contributed by atoms with Crippen molar-refractivity contribution in [2.45, 2.75) is 6.92 Å². The van der Waals surface area contributed by atoms with Gasteiger partial charge < -0.3 is 0 Å². The fourth-order valence-electron chi connectivity index (χ4n) is 1.42. The molecule has 0 aliphatic carbocycles. The second-order valence-corrected chi connectivity index (χ2v) is 4.12. The van der Waals surface area contributed by atoms with Crippen molar-refractivity contribution in [1.29, 1.82) is 0 Å². The smallest absolute Gasteiger partial charge is 0.258 e. The highest BCUT2D eigenvalue weighted by Crippen LogP contribution is 2.28. The van der Waals surface area contributed by atoms with Crippen LogP contribution in [0.15, 0.2) is 28.7 Å². The lowest BCUT2D eigenvalue weighted by Crippen LogP contribution is -1.93. The van der Waals surface area contributed by atoms with E-state index in [-0.39, 0.29) is 5.69 Å². The molecule has 1 aromatic heterocycles. The minimum atomic E-state index is -0.417. The molecule has 0 unspecified atom stereocenters. The molecule has 0 amide bonds. The highest BCUT2D eigenvalue weighted by Gasteiger charge is 2.14. The predicted molar refractivity (Wildman–Crippen MR) is 60.8 cm³/mol. The second kappa shape index (κ2) is 3.58. The summed E-state index contributed by atoms with van der Waals surface area (Å²) in [6.45, 7) is 1.81. The van der Waals surface area contributed by atoms with Crippen LogP contribution in [0.3, 0.4) is 0 Å². The van der Waals surface area contributed by atoms with Gasteiger partial charge in [0.15, 0.2) is 0 Å². The first-order chi connectivity index (χ1) is 7.08. The molecule has 4 nitrogen and oxygen atoms in total. The third-order valence-electron chi connectivity index (χ3n) is 2.07. The van der Waals surface area contributed by atoms with Gasteiger partial charge in [0.05, 0.1) is 4.92 Å². The number of hydrogen-bond acceptors (Lipinski definition) is 3. The van der Waals surface area contributed by atoms with Gasteiger partial charge in [-0.3, -0.25) is 10.1 Å². The van der Waals surface area contributed by atoms with E-state index in [2.05, 4.69) is 20.9 Å².